The van der Waals surface area contributed by atoms with Gasteiger partial charge in [0.25, 0.3) is 0 Å². The number of likely N-dealkylation sites (N-methyl/N-ethyl adjacent to an activating group) is 1. The van der Waals surface area contributed by atoms with Crippen LogP contribution in [0.4, 0.5) is 0 Å². The van der Waals surface area contributed by atoms with Gasteiger partial charge in [-0.1, -0.05) is 35.5 Å². The average molecular weight is 178 g/mol. The summed E-state index contributed by atoms with van der Waals surface area (Å²) in [5.74, 6) is 0. The number of hydrogen-bond acceptors (Lipinski definition) is 3. The molecule has 1 N–H and O–H groups in total. The minimum absolute atomic E-state index is 0.0694. The van der Waals surface area contributed by atoms with Crippen molar-refractivity contribution in [3.8, 4) is 0 Å². The molecule has 1 aromatic rings. The average Bonchev–Trinajstić information content (AvgIpc) is 2.20. The van der Waals surface area contributed by atoms with E-state index in [2.05, 4.69) is 10.5 Å². The molecular formula is C10H14N2O. The first-order chi connectivity index (χ1) is 6.29. The van der Waals surface area contributed by atoms with Gasteiger partial charge in [-0.15, -0.1) is 0 Å². The number of rotatable bonds is 4. The van der Waals surface area contributed by atoms with E-state index in [-0.39, 0.29) is 12.1 Å². The van der Waals surface area contributed by atoms with Gasteiger partial charge < -0.3 is 5.32 Å². The Balaban J connectivity index is 2.84. The van der Waals surface area contributed by atoms with Gasteiger partial charge in [-0.3, -0.25) is 0 Å². The molecule has 0 aromatic heterocycles. The molecule has 3 heteroatoms. The summed E-state index contributed by atoms with van der Waals surface area (Å²) in [6.07, 6.45) is 0. The summed E-state index contributed by atoms with van der Waals surface area (Å²) in [7, 11) is 1.83. The molecule has 0 aliphatic carbocycles. The zero-order valence-electron chi connectivity index (χ0n) is 7.90. The minimum atomic E-state index is -0.300. The predicted octanol–water partition coefficient (Wildman–Crippen LogP) is 2.10. The third kappa shape index (κ3) is 2.36. The Kier molecular flexibility index (Phi) is 3.58. The van der Waals surface area contributed by atoms with Crippen LogP contribution in [0.2, 0.25) is 0 Å². The number of nitrogens with zero attached hydrogens (tertiary/aromatic N) is 1. The van der Waals surface area contributed by atoms with Gasteiger partial charge in [0, 0.05) is 6.04 Å². The topological polar surface area (TPSA) is 41.5 Å². The van der Waals surface area contributed by atoms with E-state index in [9.17, 15) is 4.91 Å². The van der Waals surface area contributed by atoms with E-state index in [1.165, 1.54) is 0 Å². The van der Waals surface area contributed by atoms with Gasteiger partial charge in [0.1, 0.15) is 6.04 Å². The molecular weight excluding hydrogens is 164 g/mol. The van der Waals surface area contributed by atoms with Gasteiger partial charge in [-0.05, 0) is 19.5 Å². The summed E-state index contributed by atoms with van der Waals surface area (Å²) >= 11 is 0. The van der Waals surface area contributed by atoms with E-state index in [4.69, 9.17) is 0 Å². The van der Waals surface area contributed by atoms with E-state index in [0.717, 1.165) is 5.56 Å². The molecule has 2 atom stereocenters. The molecule has 3 nitrogen and oxygen atoms in total. The van der Waals surface area contributed by atoms with Crippen LogP contribution in [0.3, 0.4) is 0 Å². The fourth-order valence-corrected chi connectivity index (χ4v) is 1.25. The predicted molar refractivity (Wildman–Crippen MR) is 53.5 cm³/mol. The van der Waals surface area contributed by atoms with E-state index in [0.29, 0.717) is 0 Å². The summed E-state index contributed by atoms with van der Waals surface area (Å²) in [6.45, 7) is 1.94. The van der Waals surface area contributed by atoms with Crippen LogP contribution in [0.5, 0.6) is 0 Å². The van der Waals surface area contributed by atoms with Crippen molar-refractivity contribution in [2.24, 2.45) is 5.18 Å². The van der Waals surface area contributed by atoms with Gasteiger partial charge in [0.15, 0.2) is 0 Å². The molecule has 0 aliphatic heterocycles. The normalized spacial score (nSPS) is 14.9. The minimum Gasteiger partial charge on any atom is -0.315 e. The second kappa shape index (κ2) is 4.72. The molecule has 1 aromatic carbocycles. The highest BCUT2D eigenvalue weighted by Gasteiger charge is 2.17. The summed E-state index contributed by atoms with van der Waals surface area (Å²) in [6, 6.07) is 9.35. The molecule has 0 saturated heterocycles. The van der Waals surface area contributed by atoms with Crippen molar-refractivity contribution in [2.45, 2.75) is 19.0 Å². The van der Waals surface area contributed by atoms with Crippen molar-refractivity contribution in [1.82, 2.24) is 5.32 Å². The number of hydrogen-bond donors (Lipinski definition) is 1. The zero-order valence-corrected chi connectivity index (χ0v) is 7.90. The van der Waals surface area contributed by atoms with Gasteiger partial charge >= 0.3 is 0 Å². The fourth-order valence-electron chi connectivity index (χ4n) is 1.25. The Morgan fingerprint density at radius 1 is 1.31 bits per heavy atom. The second-order valence-electron chi connectivity index (χ2n) is 3.04. The van der Waals surface area contributed by atoms with Crippen molar-refractivity contribution in [3.05, 3.63) is 40.8 Å². The van der Waals surface area contributed by atoms with Crippen LogP contribution in [-0.4, -0.2) is 13.1 Å². The molecule has 0 radical (unpaired) electrons. The SMILES string of the molecule is CN[C@@H](C)[C@H](N=O)c1ccccc1. The Morgan fingerprint density at radius 2 is 1.92 bits per heavy atom. The molecule has 0 saturated carbocycles. The molecule has 0 unspecified atom stereocenters. The molecule has 70 valence electrons. The summed E-state index contributed by atoms with van der Waals surface area (Å²) in [5, 5.41) is 6.14. The van der Waals surface area contributed by atoms with Gasteiger partial charge in [0.05, 0.1) is 0 Å². The van der Waals surface area contributed by atoms with Gasteiger partial charge in [0.2, 0.25) is 0 Å². The van der Waals surface area contributed by atoms with E-state index < -0.39 is 0 Å². The number of nitroso groups, excluding NO2 is 1. The lowest BCUT2D eigenvalue weighted by atomic mass is 10.0. The first-order valence-electron chi connectivity index (χ1n) is 4.34. The van der Waals surface area contributed by atoms with Crippen molar-refractivity contribution >= 4 is 0 Å². The Hall–Kier alpha value is -1.22. The fraction of sp³-hybridized carbons (Fsp3) is 0.400. The van der Waals surface area contributed by atoms with Crippen LogP contribution in [0.15, 0.2) is 35.5 Å². The third-order valence-electron chi connectivity index (χ3n) is 2.18. The molecule has 0 amide bonds. The van der Waals surface area contributed by atoms with Crippen molar-refractivity contribution in [3.63, 3.8) is 0 Å². The Labute approximate surface area is 78.1 Å². The standard InChI is InChI=1S/C10H14N2O/c1-8(11-2)10(12-13)9-6-4-3-5-7-9/h3-8,10-11H,1-2H3/t8-,10-/m0/s1. The van der Waals surface area contributed by atoms with E-state index in [1.54, 1.807) is 0 Å². The molecule has 0 aliphatic rings. The van der Waals surface area contributed by atoms with Crippen LogP contribution >= 0.6 is 0 Å². The molecule has 0 fully saturated rings. The van der Waals surface area contributed by atoms with Crippen molar-refractivity contribution in [1.29, 1.82) is 0 Å². The highest BCUT2D eigenvalue weighted by atomic mass is 16.3. The number of nitrogens with one attached hydrogen (secondary N) is 1. The van der Waals surface area contributed by atoms with Crippen LogP contribution in [0.1, 0.15) is 18.5 Å². The van der Waals surface area contributed by atoms with Crippen LogP contribution < -0.4 is 5.32 Å². The molecule has 13 heavy (non-hydrogen) atoms. The van der Waals surface area contributed by atoms with Crippen molar-refractivity contribution in [2.75, 3.05) is 7.05 Å². The third-order valence-corrected chi connectivity index (χ3v) is 2.18. The molecule has 0 heterocycles. The molecule has 1 rings (SSSR count). The monoisotopic (exact) mass is 178 g/mol. The van der Waals surface area contributed by atoms with Crippen LogP contribution in [0, 0.1) is 4.91 Å². The second-order valence-corrected chi connectivity index (χ2v) is 3.04. The van der Waals surface area contributed by atoms with Gasteiger partial charge in [-0.2, -0.15) is 4.91 Å². The lowest BCUT2D eigenvalue weighted by molar-refractivity contribution is 0.506. The first-order valence-corrected chi connectivity index (χ1v) is 4.34. The summed E-state index contributed by atoms with van der Waals surface area (Å²) < 4.78 is 0. The van der Waals surface area contributed by atoms with Crippen LogP contribution in [-0.2, 0) is 0 Å². The van der Waals surface area contributed by atoms with Crippen molar-refractivity contribution < 1.29 is 0 Å². The lowest BCUT2D eigenvalue weighted by Crippen LogP contribution is -2.27. The molecule has 0 bridgehead atoms. The highest BCUT2D eigenvalue weighted by Crippen LogP contribution is 2.20. The summed E-state index contributed by atoms with van der Waals surface area (Å²) in [4.78, 5) is 10.6. The largest absolute Gasteiger partial charge is 0.315 e. The smallest absolute Gasteiger partial charge is 0.132 e. The first kappa shape index (κ1) is 9.86. The number of benzene rings is 1. The summed E-state index contributed by atoms with van der Waals surface area (Å²) in [5.41, 5.74) is 0.958. The Bertz CT molecular complexity index is 261. The Morgan fingerprint density at radius 3 is 2.38 bits per heavy atom. The van der Waals surface area contributed by atoms with E-state index in [1.807, 2.05) is 44.3 Å². The molecule has 0 spiro atoms. The van der Waals surface area contributed by atoms with E-state index >= 15 is 0 Å². The zero-order chi connectivity index (χ0) is 9.68. The maximum absolute atomic E-state index is 10.6. The maximum Gasteiger partial charge on any atom is 0.132 e. The lowest BCUT2D eigenvalue weighted by Gasteiger charge is -2.16. The van der Waals surface area contributed by atoms with Gasteiger partial charge in [-0.25, -0.2) is 0 Å². The van der Waals surface area contributed by atoms with Crippen LogP contribution in [0.25, 0.3) is 0 Å². The highest BCUT2D eigenvalue weighted by molar-refractivity contribution is 5.20. The maximum atomic E-state index is 10.6. The quantitative estimate of drug-likeness (QED) is 0.717.